The number of carboxylic acids is 1. The quantitative estimate of drug-likeness (QED) is 0.617. The van der Waals surface area contributed by atoms with Crippen LogP contribution in [0, 0.1) is 0 Å². The molecular formula is C9H17NO2. The molecule has 0 saturated carbocycles. The van der Waals surface area contributed by atoms with Gasteiger partial charge < -0.3 is 10.8 Å². The summed E-state index contributed by atoms with van der Waals surface area (Å²) in [5, 5.41) is 8.72. The minimum absolute atomic E-state index is 0.173. The van der Waals surface area contributed by atoms with Crippen molar-refractivity contribution in [1.29, 1.82) is 0 Å². The molecule has 0 aliphatic heterocycles. The molecule has 0 aliphatic rings. The maximum Gasteiger partial charge on any atom is 0.331 e. The van der Waals surface area contributed by atoms with Crippen LogP contribution >= 0.6 is 0 Å². The van der Waals surface area contributed by atoms with E-state index in [0.717, 1.165) is 12.8 Å². The fraction of sp³-hybridized carbons (Fsp3) is 0.667. The van der Waals surface area contributed by atoms with E-state index < -0.39 is 5.97 Å². The lowest BCUT2D eigenvalue weighted by Gasteiger charge is -2.02. The summed E-state index contributed by atoms with van der Waals surface area (Å²) in [6, 6.07) is -0.173. The van der Waals surface area contributed by atoms with E-state index in [1.807, 2.05) is 6.92 Å². The Balaban J connectivity index is 4.13. The number of aliphatic carboxylic acids is 1. The zero-order valence-corrected chi connectivity index (χ0v) is 7.71. The van der Waals surface area contributed by atoms with Crippen LogP contribution in [0.5, 0.6) is 0 Å². The molecule has 3 N–H and O–H groups in total. The number of nitrogens with two attached hydrogens (primary N) is 1. The first-order valence-corrected chi connectivity index (χ1v) is 4.27. The molecule has 0 aromatic heterocycles. The Labute approximate surface area is 73.3 Å². The number of hydrogen-bond acceptors (Lipinski definition) is 2. The lowest BCUT2D eigenvalue weighted by atomic mass is 10.1. The summed E-state index contributed by atoms with van der Waals surface area (Å²) in [5.41, 5.74) is 5.90. The first-order chi connectivity index (χ1) is 5.57. The molecule has 0 aliphatic carbocycles. The number of carboxylic acid groups (broad SMARTS) is 1. The van der Waals surface area contributed by atoms with E-state index in [1.54, 1.807) is 13.0 Å². The van der Waals surface area contributed by atoms with Crippen molar-refractivity contribution in [2.45, 2.75) is 39.2 Å². The molecule has 1 unspecified atom stereocenters. The molecule has 3 nitrogen and oxygen atoms in total. The molecule has 3 heteroatoms. The van der Waals surface area contributed by atoms with Crippen LogP contribution in [0.15, 0.2) is 11.6 Å². The predicted molar refractivity (Wildman–Crippen MR) is 48.9 cm³/mol. The molecule has 0 heterocycles. The Morgan fingerprint density at radius 1 is 1.67 bits per heavy atom. The van der Waals surface area contributed by atoms with Gasteiger partial charge in [0.1, 0.15) is 0 Å². The molecule has 0 rings (SSSR count). The van der Waals surface area contributed by atoms with E-state index in [4.69, 9.17) is 10.8 Å². The van der Waals surface area contributed by atoms with Crippen LogP contribution in [0.2, 0.25) is 0 Å². The van der Waals surface area contributed by atoms with E-state index in [-0.39, 0.29) is 6.04 Å². The zero-order chi connectivity index (χ0) is 9.56. The van der Waals surface area contributed by atoms with Crippen molar-refractivity contribution in [2.75, 3.05) is 0 Å². The minimum atomic E-state index is -0.847. The highest BCUT2D eigenvalue weighted by molar-refractivity contribution is 5.86. The van der Waals surface area contributed by atoms with Crippen molar-refractivity contribution in [3.63, 3.8) is 0 Å². The topological polar surface area (TPSA) is 63.3 Å². The molecule has 0 saturated heterocycles. The zero-order valence-electron chi connectivity index (χ0n) is 7.71. The van der Waals surface area contributed by atoms with Crippen molar-refractivity contribution >= 4 is 5.97 Å². The molecule has 0 aromatic rings. The van der Waals surface area contributed by atoms with Gasteiger partial charge in [0.25, 0.3) is 0 Å². The van der Waals surface area contributed by atoms with Crippen molar-refractivity contribution in [3.8, 4) is 0 Å². The maximum atomic E-state index is 10.6. The molecule has 0 bridgehead atoms. The molecule has 0 spiro atoms. The highest BCUT2D eigenvalue weighted by Crippen LogP contribution is 2.07. The van der Waals surface area contributed by atoms with E-state index in [9.17, 15) is 4.79 Å². The summed E-state index contributed by atoms with van der Waals surface area (Å²) in [4.78, 5) is 10.6. The van der Waals surface area contributed by atoms with Crippen molar-refractivity contribution in [3.05, 3.63) is 11.6 Å². The van der Waals surface area contributed by atoms with Gasteiger partial charge in [-0.15, -0.1) is 0 Å². The van der Waals surface area contributed by atoms with Gasteiger partial charge in [0, 0.05) is 11.6 Å². The van der Waals surface area contributed by atoms with Gasteiger partial charge in [0.05, 0.1) is 0 Å². The summed E-state index contributed by atoms with van der Waals surface area (Å²) in [5.74, 6) is -0.847. The van der Waals surface area contributed by atoms with Crippen molar-refractivity contribution in [1.82, 2.24) is 0 Å². The second-order valence-electron chi connectivity index (χ2n) is 2.96. The lowest BCUT2D eigenvalue weighted by Crippen LogP contribution is -2.14. The second kappa shape index (κ2) is 5.77. The van der Waals surface area contributed by atoms with E-state index in [2.05, 4.69) is 0 Å². The van der Waals surface area contributed by atoms with Gasteiger partial charge in [0.15, 0.2) is 0 Å². The van der Waals surface area contributed by atoms with Crippen LogP contribution in [0.3, 0.4) is 0 Å². The van der Waals surface area contributed by atoms with Crippen LogP contribution in [-0.2, 0) is 4.79 Å². The van der Waals surface area contributed by atoms with Gasteiger partial charge in [-0.05, 0) is 19.8 Å². The van der Waals surface area contributed by atoms with Crippen molar-refractivity contribution in [2.24, 2.45) is 5.73 Å². The molecule has 0 aromatic carbocycles. The predicted octanol–water partition coefficient (Wildman–Crippen LogP) is 1.53. The molecule has 0 radical (unpaired) electrons. The SMILES string of the molecule is CCCC/C(=C\C(C)N)C(=O)O. The minimum Gasteiger partial charge on any atom is -0.478 e. The Morgan fingerprint density at radius 3 is 2.58 bits per heavy atom. The van der Waals surface area contributed by atoms with Crippen molar-refractivity contribution < 1.29 is 9.90 Å². The third kappa shape index (κ3) is 4.91. The van der Waals surface area contributed by atoms with Gasteiger partial charge >= 0.3 is 5.97 Å². The third-order valence-corrected chi connectivity index (χ3v) is 1.54. The molecule has 0 fully saturated rings. The summed E-state index contributed by atoms with van der Waals surface area (Å²) < 4.78 is 0. The Morgan fingerprint density at radius 2 is 2.25 bits per heavy atom. The smallest absolute Gasteiger partial charge is 0.331 e. The standard InChI is InChI=1S/C9H17NO2/c1-3-4-5-8(9(11)12)6-7(2)10/h6-7H,3-5,10H2,1-2H3,(H,11,12)/b8-6+. The summed E-state index contributed by atoms with van der Waals surface area (Å²) in [6.45, 7) is 3.81. The van der Waals surface area contributed by atoms with Crippen LogP contribution < -0.4 is 5.73 Å². The highest BCUT2D eigenvalue weighted by Gasteiger charge is 2.06. The molecular weight excluding hydrogens is 154 g/mol. The number of hydrogen-bond donors (Lipinski definition) is 2. The van der Waals surface area contributed by atoms with Gasteiger partial charge in [-0.3, -0.25) is 0 Å². The Bertz CT molecular complexity index is 173. The van der Waals surface area contributed by atoms with Crippen LogP contribution in [0.25, 0.3) is 0 Å². The largest absolute Gasteiger partial charge is 0.478 e. The number of carbonyl (C=O) groups is 1. The Hall–Kier alpha value is -0.830. The van der Waals surface area contributed by atoms with Gasteiger partial charge in [-0.25, -0.2) is 4.79 Å². The number of rotatable bonds is 5. The van der Waals surface area contributed by atoms with E-state index in [1.165, 1.54) is 0 Å². The summed E-state index contributed by atoms with van der Waals surface area (Å²) in [7, 11) is 0. The summed E-state index contributed by atoms with van der Waals surface area (Å²) >= 11 is 0. The molecule has 0 amide bonds. The van der Waals surface area contributed by atoms with Gasteiger partial charge in [-0.2, -0.15) is 0 Å². The van der Waals surface area contributed by atoms with E-state index in [0.29, 0.717) is 12.0 Å². The monoisotopic (exact) mass is 171 g/mol. The average molecular weight is 171 g/mol. The first-order valence-electron chi connectivity index (χ1n) is 4.27. The third-order valence-electron chi connectivity index (χ3n) is 1.54. The fourth-order valence-electron chi connectivity index (χ4n) is 0.946. The van der Waals surface area contributed by atoms with E-state index >= 15 is 0 Å². The molecule has 1 atom stereocenters. The average Bonchev–Trinajstić information content (AvgIpc) is 1.96. The van der Waals surface area contributed by atoms with Gasteiger partial charge in [0.2, 0.25) is 0 Å². The molecule has 12 heavy (non-hydrogen) atoms. The Kier molecular flexibility index (Phi) is 5.37. The van der Waals surface area contributed by atoms with Crippen LogP contribution in [0.4, 0.5) is 0 Å². The normalized spacial score (nSPS) is 14.4. The van der Waals surface area contributed by atoms with Crippen LogP contribution in [0.1, 0.15) is 33.1 Å². The maximum absolute atomic E-state index is 10.6. The van der Waals surface area contributed by atoms with Crippen LogP contribution in [-0.4, -0.2) is 17.1 Å². The molecule has 70 valence electrons. The van der Waals surface area contributed by atoms with Gasteiger partial charge in [-0.1, -0.05) is 19.4 Å². The second-order valence-corrected chi connectivity index (χ2v) is 2.96. The lowest BCUT2D eigenvalue weighted by molar-refractivity contribution is -0.132. The first kappa shape index (κ1) is 11.2. The number of unbranched alkanes of at least 4 members (excludes halogenated alkanes) is 1. The summed E-state index contributed by atoms with van der Waals surface area (Å²) in [6.07, 6.45) is 4.14. The fourth-order valence-corrected chi connectivity index (χ4v) is 0.946. The highest BCUT2D eigenvalue weighted by atomic mass is 16.4.